The molecule has 0 fully saturated rings. The van der Waals surface area contributed by atoms with E-state index in [-0.39, 0.29) is 11.4 Å². The second-order valence-electron chi connectivity index (χ2n) is 4.46. The molecule has 0 bridgehead atoms. The zero-order chi connectivity index (χ0) is 13.2. The minimum Gasteiger partial charge on any atom is -0.373 e. The average molecular weight is 251 g/mol. The summed E-state index contributed by atoms with van der Waals surface area (Å²) < 4.78 is 5.24. The van der Waals surface area contributed by atoms with Crippen LogP contribution in [-0.2, 0) is 4.74 Å². The number of benzene rings is 1. The van der Waals surface area contributed by atoms with Crippen molar-refractivity contribution in [1.29, 1.82) is 0 Å². The largest absolute Gasteiger partial charge is 0.373 e. The Bertz CT molecular complexity index is 401. The van der Waals surface area contributed by atoms with Gasteiger partial charge in [0.2, 0.25) is 0 Å². The normalized spacial score (nSPS) is 14.5. The van der Waals surface area contributed by atoms with Crippen LogP contribution in [0.1, 0.15) is 27.0 Å². The van der Waals surface area contributed by atoms with Crippen LogP contribution in [0, 0.1) is 27.7 Å². The number of ketones is 1. The summed E-state index contributed by atoms with van der Waals surface area (Å²) >= 11 is 0. The summed E-state index contributed by atoms with van der Waals surface area (Å²) in [6.07, 6.45) is -0.500. The lowest BCUT2D eigenvalue weighted by atomic mass is 9.93. The third-order valence-electron chi connectivity index (χ3n) is 2.82. The molecular weight excluding hydrogens is 231 g/mol. The van der Waals surface area contributed by atoms with Gasteiger partial charge in [0.25, 0.3) is 0 Å². The number of carbonyl (C=O) groups is 1. The van der Waals surface area contributed by atoms with Crippen LogP contribution >= 0.6 is 9.24 Å². The van der Waals surface area contributed by atoms with Crippen LogP contribution in [0.2, 0.25) is 0 Å². The quantitative estimate of drug-likeness (QED) is 0.607. The Morgan fingerprint density at radius 2 is 1.76 bits per heavy atom. The summed E-state index contributed by atoms with van der Waals surface area (Å²) in [5, 5.41) is 0. The first kappa shape index (κ1) is 14.3. The molecule has 1 radical (unpaired) electrons. The molecule has 3 atom stereocenters. The number of methoxy groups -OCH3 is 1. The molecular formula is C14H20O2P. The molecule has 0 spiro atoms. The van der Waals surface area contributed by atoms with Crippen molar-refractivity contribution in [3.05, 3.63) is 41.3 Å². The van der Waals surface area contributed by atoms with Crippen molar-refractivity contribution >= 4 is 15.0 Å². The van der Waals surface area contributed by atoms with Gasteiger partial charge in [-0.2, -0.15) is 0 Å². The Morgan fingerprint density at radius 1 is 1.29 bits per heavy atom. The Morgan fingerprint density at radius 3 is 2.12 bits per heavy atom. The van der Waals surface area contributed by atoms with Gasteiger partial charge in [0.1, 0.15) is 6.10 Å². The summed E-state index contributed by atoms with van der Waals surface area (Å²) in [6, 6.07) is 4.04. The number of aryl methyl sites for hydroxylation is 3. The maximum Gasteiger partial charge on any atom is 0.192 e. The Kier molecular flexibility index (Phi) is 4.85. The SMILES string of the molecule is [CH2]C(P)C(OC)C(=O)c1c(C)cc(C)cc1C. The van der Waals surface area contributed by atoms with Crippen molar-refractivity contribution in [1.82, 2.24) is 0 Å². The second-order valence-corrected chi connectivity index (χ2v) is 5.31. The number of carbonyl (C=O) groups excluding carboxylic acids is 1. The van der Waals surface area contributed by atoms with Gasteiger partial charge in [0.05, 0.1) is 0 Å². The fourth-order valence-corrected chi connectivity index (χ4v) is 2.52. The van der Waals surface area contributed by atoms with E-state index in [0.717, 1.165) is 16.7 Å². The molecule has 0 saturated heterocycles. The van der Waals surface area contributed by atoms with Gasteiger partial charge in [-0.05, 0) is 38.8 Å². The number of ether oxygens (including phenoxy) is 1. The lowest BCUT2D eigenvalue weighted by Gasteiger charge is -2.20. The maximum atomic E-state index is 12.4. The molecule has 1 rings (SSSR count). The molecule has 0 aliphatic rings. The Balaban J connectivity index is 3.20. The molecule has 0 amide bonds. The zero-order valence-corrected chi connectivity index (χ0v) is 12.1. The van der Waals surface area contributed by atoms with Crippen LogP contribution in [0.3, 0.4) is 0 Å². The Hall–Kier alpha value is -0.720. The molecule has 0 saturated carbocycles. The van der Waals surface area contributed by atoms with E-state index in [9.17, 15) is 4.79 Å². The van der Waals surface area contributed by atoms with Crippen molar-refractivity contribution in [2.75, 3.05) is 7.11 Å². The van der Waals surface area contributed by atoms with Crippen LogP contribution in [0.5, 0.6) is 0 Å². The number of rotatable bonds is 4. The van der Waals surface area contributed by atoms with Crippen molar-refractivity contribution in [3.63, 3.8) is 0 Å². The third-order valence-corrected chi connectivity index (χ3v) is 3.17. The fraction of sp³-hybridized carbons (Fsp3) is 0.429. The lowest BCUT2D eigenvalue weighted by Crippen LogP contribution is -2.31. The highest BCUT2D eigenvalue weighted by Gasteiger charge is 2.25. The van der Waals surface area contributed by atoms with E-state index >= 15 is 0 Å². The summed E-state index contributed by atoms with van der Waals surface area (Å²) in [6.45, 7) is 9.80. The van der Waals surface area contributed by atoms with Crippen LogP contribution in [0.4, 0.5) is 0 Å². The molecule has 0 aliphatic carbocycles. The van der Waals surface area contributed by atoms with Crippen LogP contribution in [-0.4, -0.2) is 24.7 Å². The van der Waals surface area contributed by atoms with Crippen molar-refractivity contribution in [2.45, 2.75) is 32.5 Å². The first-order chi connectivity index (χ1) is 7.88. The van der Waals surface area contributed by atoms with Crippen LogP contribution in [0.15, 0.2) is 12.1 Å². The molecule has 17 heavy (non-hydrogen) atoms. The molecule has 3 heteroatoms. The van der Waals surface area contributed by atoms with Crippen molar-refractivity contribution in [2.24, 2.45) is 0 Å². The summed E-state index contributed by atoms with van der Waals surface area (Å²) in [7, 11) is 4.07. The monoisotopic (exact) mass is 251 g/mol. The average Bonchev–Trinajstić information content (AvgIpc) is 2.15. The molecule has 1 aromatic rings. The molecule has 3 unspecified atom stereocenters. The molecule has 0 aromatic heterocycles. The summed E-state index contributed by atoms with van der Waals surface area (Å²) in [5.74, 6) is 0.0116. The van der Waals surface area contributed by atoms with Crippen LogP contribution in [0.25, 0.3) is 0 Å². The van der Waals surface area contributed by atoms with Gasteiger partial charge in [0.15, 0.2) is 5.78 Å². The molecule has 0 heterocycles. The number of hydrogen-bond acceptors (Lipinski definition) is 2. The highest BCUT2D eigenvalue weighted by Crippen LogP contribution is 2.21. The molecule has 93 valence electrons. The molecule has 2 nitrogen and oxygen atoms in total. The third kappa shape index (κ3) is 3.14. The van der Waals surface area contributed by atoms with E-state index in [2.05, 4.69) is 16.2 Å². The Labute approximate surface area is 106 Å². The highest BCUT2D eigenvalue weighted by atomic mass is 31.0. The summed E-state index contributed by atoms with van der Waals surface area (Å²) in [5.41, 5.74) is 3.79. The van der Waals surface area contributed by atoms with Gasteiger partial charge >= 0.3 is 0 Å². The van der Waals surface area contributed by atoms with E-state index < -0.39 is 6.10 Å². The van der Waals surface area contributed by atoms with Crippen molar-refractivity contribution < 1.29 is 9.53 Å². The fourth-order valence-electron chi connectivity index (χ4n) is 2.19. The van der Waals surface area contributed by atoms with Crippen LogP contribution < -0.4 is 0 Å². The van der Waals surface area contributed by atoms with E-state index in [1.807, 2.05) is 32.9 Å². The predicted molar refractivity (Wildman–Crippen MR) is 74.6 cm³/mol. The van der Waals surface area contributed by atoms with E-state index in [1.54, 1.807) is 7.11 Å². The van der Waals surface area contributed by atoms with E-state index in [1.165, 1.54) is 5.56 Å². The van der Waals surface area contributed by atoms with Gasteiger partial charge < -0.3 is 4.74 Å². The minimum absolute atomic E-state index is 0.0116. The predicted octanol–water partition coefficient (Wildman–Crippen LogP) is 2.89. The first-order valence-electron chi connectivity index (χ1n) is 5.62. The first-order valence-corrected chi connectivity index (χ1v) is 6.28. The van der Waals surface area contributed by atoms with E-state index in [0.29, 0.717) is 0 Å². The van der Waals surface area contributed by atoms with Gasteiger partial charge in [0, 0.05) is 18.3 Å². The molecule has 0 N–H and O–H groups in total. The maximum absolute atomic E-state index is 12.4. The smallest absolute Gasteiger partial charge is 0.192 e. The molecule has 1 aromatic carbocycles. The summed E-state index contributed by atoms with van der Waals surface area (Å²) in [4.78, 5) is 12.4. The number of hydrogen-bond donors (Lipinski definition) is 0. The standard InChI is InChI=1S/C14H20O2P/c1-8-6-9(2)12(10(3)7-8)13(15)14(16-5)11(4)17/h6-7,11,14H,4,17H2,1-3,5H3. The lowest BCUT2D eigenvalue weighted by molar-refractivity contribution is 0.0624. The van der Waals surface area contributed by atoms with Gasteiger partial charge in [-0.25, -0.2) is 0 Å². The topological polar surface area (TPSA) is 26.3 Å². The minimum atomic E-state index is -0.500. The van der Waals surface area contributed by atoms with Gasteiger partial charge in [-0.1, -0.05) is 17.7 Å². The highest BCUT2D eigenvalue weighted by molar-refractivity contribution is 7.18. The molecule has 0 aliphatic heterocycles. The van der Waals surface area contributed by atoms with Crippen molar-refractivity contribution in [3.8, 4) is 0 Å². The van der Waals surface area contributed by atoms with Gasteiger partial charge in [-0.3, -0.25) is 4.79 Å². The number of Topliss-reactive ketones (excluding diaryl/α,β-unsaturated/α-hetero) is 1. The zero-order valence-electron chi connectivity index (χ0n) is 10.9. The second kappa shape index (κ2) is 5.75. The van der Waals surface area contributed by atoms with Gasteiger partial charge in [-0.15, -0.1) is 9.24 Å². The van der Waals surface area contributed by atoms with E-state index in [4.69, 9.17) is 4.74 Å².